The number of para-hydroxylation sites is 1. The molecule has 108 valence electrons. The number of rotatable bonds is 3. The van der Waals surface area contributed by atoms with Gasteiger partial charge >= 0.3 is 0 Å². The van der Waals surface area contributed by atoms with Crippen molar-refractivity contribution in [3.05, 3.63) is 47.3 Å². The molecule has 0 aliphatic heterocycles. The number of amides is 1. The van der Waals surface area contributed by atoms with Crippen LogP contribution in [0.25, 0.3) is 10.9 Å². The summed E-state index contributed by atoms with van der Waals surface area (Å²) in [6.07, 6.45) is 0. The third-order valence-corrected chi connectivity index (χ3v) is 3.70. The van der Waals surface area contributed by atoms with Crippen LogP contribution in [0, 0.1) is 13.8 Å². The van der Waals surface area contributed by atoms with Gasteiger partial charge in [-0.1, -0.05) is 18.2 Å². The number of hydrogen-bond donors (Lipinski definition) is 2. The molecule has 5 heteroatoms. The third-order valence-electron chi connectivity index (χ3n) is 3.70. The Morgan fingerprint density at radius 2 is 2.10 bits per heavy atom. The number of aromatic nitrogens is 3. The fourth-order valence-corrected chi connectivity index (χ4v) is 2.76. The van der Waals surface area contributed by atoms with E-state index in [-0.39, 0.29) is 5.91 Å². The first-order valence-corrected chi connectivity index (χ1v) is 7.03. The van der Waals surface area contributed by atoms with Gasteiger partial charge in [-0.15, -0.1) is 0 Å². The van der Waals surface area contributed by atoms with E-state index in [9.17, 15) is 4.79 Å². The van der Waals surface area contributed by atoms with Crippen molar-refractivity contribution in [1.29, 1.82) is 0 Å². The molecule has 0 fully saturated rings. The Morgan fingerprint density at radius 1 is 1.33 bits per heavy atom. The maximum atomic E-state index is 12.6. The minimum atomic E-state index is -0.128. The second kappa shape index (κ2) is 5.09. The van der Waals surface area contributed by atoms with Gasteiger partial charge in [-0.2, -0.15) is 5.10 Å². The zero-order valence-electron chi connectivity index (χ0n) is 12.4. The van der Waals surface area contributed by atoms with Gasteiger partial charge in [0.2, 0.25) is 0 Å². The topological polar surface area (TPSA) is 62.7 Å². The molecular formula is C16H18N4O. The summed E-state index contributed by atoms with van der Waals surface area (Å²) < 4.78 is 2.04. The van der Waals surface area contributed by atoms with Gasteiger partial charge in [0.15, 0.2) is 5.82 Å². The molecule has 1 amide bonds. The van der Waals surface area contributed by atoms with Gasteiger partial charge in [0.25, 0.3) is 5.91 Å². The normalized spacial score (nSPS) is 11.0. The van der Waals surface area contributed by atoms with Crippen LogP contribution in [0.3, 0.4) is 0 Å². The minimum absolute atomic E-state index is 0.128. The van der Waals surface area contributed by atoms with Crippen LogP contribution >= 0.6 is 0 Å². The summed E-state index contributed by atoms with van der Waals surface area (Å²) in [5.41, 5.74) is 3.69. The van der Waals surface area contributed by atoms with Crippen molar-refractivity contribution in [1.82, 2.24) is 14.8 Å². The Morgan fingerprint density at radius 3 is 2.76 bits per heavy atom. The number of aromatic amines is 1. The van der Waals surface area contributed by atoms with E-state index in [0.717, 1.165) is 28.7 Å². The summed E-state index contributed by atoms with van der Waals surface area (Å²) in [5, 5.41) is 10.8. The molecule has 0 bridgehead atoms. The number of carbonyl (C=O) groups is 1. The van der Waals surface area contributed by atoms with Crippen molar-refractivity contribution in [2.24, 2.45) is 0 Å². The van der Waals surface area contributed by atoms with Crippen molar-refractivity contribution >= 4 is 22.6 Å². The van der Waals surface area contributed by atoms with E-state index in [4.69, 9.17) is 0 Å². The van der Waals surface area contributed by atoms with Gasteiger partial charge in [-0.05, 0) is 32.4 Å². The lowest BCUT2D eigenvalue weighted by Crippen LogP contribution is -2.18. The Kier molecular flexibility index (Phi) is 3.25. The second-order valence-corrected chi connectivity index (χ2v) is 5.13. The standard InChI is InChI=1S/C16H18N4O/c1-4-20-13-8-6-5-7-12(13)11(3)15(20)16(21)17-14-9-10(2)18-19-14/h5-9H,4H2,1-3H3,(H2,17,18,19,21). The van der Waals surface area contributed by atoms with E-state index in [1.165, 1.54) is 0 Å². The number of nitrogens with one attached hydrogen (secondary N) is 2. The number of H-pyrrole nitrogens is 1. The highest BCUT2D eigenvalue weighted by molar-refractivity contribution is 6.08. The lowest BCUT2D eigenvalue weighted by Gasteiger charge is -2.08. The number of nitrogens with zero attached hydrogens (tertiary/aromatic N) is 2. The number of fused-ring (bicyclic) bond motifs is 1. The first-order chi connectivity index (χ1) is 10.1. The lowest BCUT2D eigenvalue weighted by molar-refractivity contribution is 0.101. The molecule has 0 radical (unpaired) electrons. The molecule has 3 rings (SSSR count). The monoisotopic (exact) mass is 282 g/mol. The SMILES string of the molecule is CCn1c(C(=O)Nc2cc(C)[nH]n2)c(C)c2ccccc21. The molecule has 0 saturated carbocycles. The summed E-state index contributed by atoms with van der Waals surface area (Å²) in [6.45, 7) is 6.67. The Balaban J connectivity index is 2.06. The molecule has 0 aliphatic carbocycles. The highest BCUT2D eigenvalue weighted by atomic mass is 16.2. The molecular weight excluding hydrogens is 264 g/mol. The summed E-state index contributed by atoms with van der Waals surface area (Å²) in [7, 11) is 0. The van der Waals surface area contributed by atoms with Crippen LogP contribution in [0.4, 0.5) is 5.82 Å². The average molecular weight is 282 g/mol. The number of hydrogen-bond acceptors (Lipinski definition) is 2. The molecule has 0 unspecified atom stereocenters. The van der Waals surface area contributed by atoms with Crippen LogP contribution < -0.4 is 5.32 Å². The first kappa shape index (κ1) is 13.4. The van der Waals surface area contributed by atoms with Crippen LogP contribution in [0.1, 0.15) is 28.7 Å². The fraction of sp³-hybridized carbons (Fsp3) is 0.250. The number of benzene rings is 1. The van der Waals surface area contributed by atoms with Gasteiger partial charge in [-0.3, -0.25) is 9.89 Å². The van der Waals surface area contributed by atoms with Crippen LogP contribution in [-0.2, 0) is 6.54 Å². The second-order valence-electron chi connectivity index (χ2n) is 5.13. The summed E-state index contributed by atoms with van der Waals surface area (Å²) in [6, 6.07) is 9.89. The lowest BCUT2D eigenvalue weighted by atomic mass is 10.1. The Bertz CT molecular complexity index is 813. The number of carbonyl (C=O) groups excluding carboxylic acids is 1. The third kappa shape index (κ3) is 2.20. The molecule has 0 saturated heterocycles. The van der Waals surface area contributed by atoms with Crippen molar-refractivity contribution in [3.8, 4) is 0 Å². The predicted octanol–water partition coefficient (Wildman–Crippen LogP) is 3.25. The van der Waals surface area contributed by atoms with Gasteiger partial charge in [-0.25, -0.2) is 0 Å². The zero-order chi connectivity index (χ0) is 15.0. The summed E-state index contributed by atoms with van der Waals surface area (Å²) >= 11 is 0. The van der Waals surface area contributed by atoms with E-state index in [1.807, 2.05) is 55.7 Å². The van der Waals surface area contributed by atoms with Crippen molar-refractivity contribution in [2.45, 2.75) is 27.3 Å². The van der Waals surface area contributed by atoms with Crippen LogP contribution in [0.15, 0.2) is 30.3 Å². The predicted molar refractivity (Wildman–Crippen MR) is 83.6 cm³/mol. The molecule has 2 heterocycles. The molecule has 21 heavy (non-hydrogen) atoms. The Labute approximate surface area is 123 Å². The van der Waals surface area contributed by atoms with Crippen LogP contribution in [0.2, 0.25) is 0 Å². The maximum absolute atomic E-state index is 12.6. The number of aryl methyl sites for hydroxylation is 3. The Hall–Kier alpha value is -2.56. The molecule has 0 aliphatic rings. The molecule has 1 aromatic carbocycles. The smallest absolute Gasteiger partial charge is 0.273 e. The highest BCUT2D eigenvalue weighted by Crippen LogP contribution is 2.26. The van der Waals surface area contributed by atoms with E-state index in [2.05, 4.69) is 15.5 Å². The molecule has 0 atom stereocenters. The zero-order valence-corrected chi connectivity index (χ0v) is 12.4. The molecule has 0 spiro atoms. The van der Waals surface area contributed by atoms with Crippen LogP contribution in [0.5, 0.6) is 0 Å². The molecule has 3 aromatic rings. The molecule has 2 N–H and O–H groups in total. The minimum Gasteiger partial charge on any atom is -0.337 e. The van der Waals surface area contributed by atoms with E-state index in [1.54, 1.807) is 0 Å². The largest absolute Gasteiger partial charge is 0.337 e. The van der Waals surface area contributed by atoms with Crippen molar-refractivity contribution in [3.63, 3.8) is 0 Å². The van der Waals surface area contributed by atoms with E-state index in [0.29, 0.717) is 11.5 Å². The summed E-state index contributed by atoms with van der Waals surface area (Å²) in [4.78, 5) is 12.6. The quantitative estimate of drug-likeness (QED) is 0.774. The van der Waals surface area contributed by atoms with E-state index >= 15 is 0 Å². The molecule has 5 nitrogen and oxygen atoms in total. The average Bonchev–Trinajstić information content (AvgIpc) is 3.00. The first-order valence-electron chi connectivity index (χ1n) is 7.03. The maximum Gasteiger partial charge on any atom is 0.273 e. The summed E-state index contributed by atoms with van der Waals surface area (Å²) in [5.74, 6) is 0.418. The molecule has 2 aromatic heterocycles. The van der Waals surface area contributed by atoms with Crippen LogP contribution in [-0.4, -0.2) is 20.7 Å². The van der Waals surface area contributed by atoms with Crippen molar-refractivity contribution in [2.75, 3.05) is 5.32 Å². The van der Waals surface area contributed by atoms with Gasteiger partial charge in [0.1, 0.15) is 5.69 Å². The van der Waals surface area contributed by atoms with Gasteiger partial charge < -0.3 is 9.88 Å². The van der Waals surface area contributed by atoms with Crippen molar-refractivity contribution < 1.29 is 4.79 Å². The number of anilines is 1. The van der Waals surface area contributed by atoms with E-state index < -0.39 is 0 Å². The van der Waals surface area contributed by atoms with Gasteiger partial charge in [0, 0.05) is 29.2 Å². The fourth-order valence-electron chi connectivity index (χ4n) is 2.76. The highest BCUT2D eigenvalue weighted by Gasteiger charge is 2.19. The van der Waals surface area contributed by atoms with Gasteiger partial charge in [0.05, 0.1) is 0 Å².